The summed E-state index contributed by atoms with van der Waals surface area (Å²) in [7, 11) is 0. The molecule has 1 aromatic heterocycles. The normalized spacial score (nSPS) is 9.70. The minimum absolute atomic E-state index is 0.833. The van der Waals surface area contributed by atoms with E-state index in [4.69, 9.17) is 4.42 Å². The maximum Gasteiger partial charge on any atom is 0.107 e. The Morgan fingerprint density at radius 2 is 2.20 bits per heavy atom. The molecule has 0 radical (unpaired) electrons. The second-order valence-electron chi connectivity index (χ2n) is 2.21. The van der Waals surface area contributed by atoms with Crippen molar-refractivity contribution < 1.29 is 4.42 Å². The highest BCUT2D eigenvalue weighted by Crippen LogP contribution is 2.08. The smallest absolute Gasteiger partial charge is 0.107 e. The summed E-state index contributed by atoms with van der Waals surface area (Å²) < 4.78 is 5.40. The Kier molecular flexibility index (Phi) is 2.32. The van der Waals surface area contributed by atoms with Gasteiger partial charge in [0.15, 0.2) is 0 Å². The molecular formula is C9H12O. The van der Waals surface area contributed by atoms with E-state index in [2.05, 4.69) is 13.5 Å². The summed E-state index contributed by atoms with van der Waals surface area (Å²) in [5.74, 6) is 2.06. The van der Waals surface area contributed by atoms with Crippen LogP contribution in [0.25, 0.3) is 0 Å². The van der Waals surface area contributed by atoms with Gasteiger partial charge in [0, 0.05) is 12.8 Å². The molecule has 0 aliphatic carbocycles. The van der Waals surface area contributed by atoms with Crippen molar-refractivity contribution >= 4 is 0 Å². The van der Waals surface area contributed by atoms with Crippen molar-refractivity contribution in [1.29, 1.82) is 0 Å². The average Bonchev–Trinajstić information content (AvgIpc) is 2.37. The number of hydrogen-bond acceptors (Lipinski definition) is 1. The number of aryl methyl sites for hydroxylation is 1. The molecule has 0 saturated carbocycles. The van der Waals surface area contributed by atoms with E-state index >= 15 is 0 Å². The third-order valence-corrected chi connectivity index (χ3v) is 1.41. The van der Waals surface area contributed by atoms with E-state index in [0.29, 0.717) is 0 Å². The number of allylic oxidation sites excluding steroid dienone is 1. The van der Waals surface area contributed by atoms with Crippen LogP contribution in [0.15, 0.2) is 29.2 Å². The summed E-state index contributed by atoms with van der Waals surface area (Å²) >= 11 is 0. The topological polar surface area (TPSA) is 13.1 Å². The monoisotopic (exact) mass is 136 g/mol. The van der Waals surface area contributed by atoms with Gasteiger partial charge >= 0.3 is 0 Å². The molecule has 1 aromatic rings. The molecule has 1 heterocycles. The van der Waals surface area contributed by atoms with Crippen LogP contribution >= 0.6 is 0 Å². The molecule has 0 amide bonds. The third-order valence-electron chi connectivity index (χ3n) is 1.41. The molecule has 0 unspecified atom stereocenters. The molecule has 0 aromatic carbocycles. The van der Waals surface area contributed by atoms with Crippen LogP contribution in [0.5, 0.6) is 0 Å². The minimum Gasteiger partial charge on any atom is -0.466 e. The second kappa shape index (κ2) is 3.25. The van der Waals surface area contributed by atoms with E-state index in [1.807, 2.05) is 18.2 Å². The fourth-order valence-electron chi connectivity index (χ4n) is 0.864. The van der Waals surface area contributed by atoms with Crippen molar-refractivity contribution in [3.63, 3.8) is 0 Å². The third kappa shape index (κ3) is 1.50. The van der Waals surface area contributed by atoms with E-state index in [1.54, 1.807) is 0 Å². The van der Waals surface area contributed by atoms with Crippen LogP contribution in [0.4, 0.5) is 0 Å². The van der Waals surface area contributed by atoms with Crippen LogP contribution in [-0.4, -0.2) is 0 Å². The van der Waals surface area contributed by atoms with Gasteiger partial charge in [-0.3, -0.25) is 0 Å². The summed E-state index contributed by atoms with van der Waals surface area (Å²) in [6, 6.07) is 4.01. The molecule has 0 aliphatic heterocycles. The van der Waals surface area contributed by atoms with Gasteiger partial charge in [0.2, 0.25) is 0 Å². The highest BCUT2D eigenvalue weighted by atomic mass is 16.3. The molecule has 1 nitrogen and oxygen atoms in total. The van der Waals surface area contributed by atoms with Gasteiger partial charge in [-0.25, -0.2) is 0 Å². The zero-order valence-corrected chi connectivity index (χ0v) is 6.26. The summed E-state index contributed by atoms with van der Waals surface area (Å²) in [6.07, 6.45) is 3.65. The fraction of sp³-hybridized carbons (Fsp3) is 0.333. The Labute approximate surface area is 61.4 Å². The van der Waals surface area contributed by atoms with Gasteiger partial charge in [0.05, 0.1) is 0 Å². The average molecular weight is 136 g/mol. The largest absolute Gasteiger partial charge is 0.466 e. The lowest BCUT2D eigenvalue weighted by Gasteiger charge is -1.87. The van der Waals surface area contributed by atoms with Crippen LogP contribution in [-0.2, 0) is 12.8 Å². The first kappa shape index (κ1) is 7.13. The lowest BCUT2D eigenvalue weighted by molar-refractivity contribution is 0.480. The first-order chi connectivity index (χ1) is 4.86. The van der Waals surface area contributed by atoms with Crippen molar-refractivity contribution in [2.45, 2.75) is 19.8 Å². The number of rotatable bonds is 3. The quantitative estimate of drug-likeness (QED) is 0.582. The fourth-order valence-corrected chi connectivity index (χ4v) is 0.864. The Bertz CT molecular complexity index is 210. The van der Waals surface area contributed by atoms with Crippen LogP contribution in [0, 0.1) is 0 Å². The molecule has 54 valence electrons. The van der Waals surface area contributed by atoms with Gasteiger partial charge < -0.3 is 4.42 Å². The number of hydrogen-bond donors (Lipinski definition) is 0. The Balaban J connectivity index is 2.67. The molecule has 0 bridgehead atoms. The molecule has 0 saturated heterocycles. The SMILES string of the molecule is C=CCc1ccc(CC)o1. The van der Waals surface area contributed by atoms with Crippen LogP contribution in [0.1, 0.15) is 18.4 Å². The maximum absolute atomic E-state index is 5.40. The predicted molar refractivity (Wildman–Crippen MR) is 42.0 cm³/mol. The molecule has 0 N–H and O–H groups in total. The van der Waals surface area contributed by atoms with Crippen molar-refractivity contribution in [1.82, 2.24) is 0 Å². The standard InChI is InChI=1S/C9H12O/c1-3-5-9-7-6-8(4-2)10-9/h3,6-7H,1,4-5H2,2H3. The molecule has 0 fully saturated rings. The van der Waals surface area contributed by atoms with Gasteiger partial charge in [-0.05, 0) is 12.1 Å². The first-order valence-corrected chi connectivity index (χ1v) is 3.55. The van der Waals surface area contributed by atoms with Gasteiger partial charge in [-0.15, -0.1) is 6.58 Å². The van der Waals surface area contributed by atoms with Crippen molar-refractivity contribution in [3.8, 4) is 0 Å². The van der Waals surface area contributed by atoms with E-state index in [0.717, 1.165) is 24.4 Å². The summed E-state index contributed by atoms with van der Waals surface area (Å²) in [4.78, 5) is 0. The molecule has 0 spiro atoms. The van der Waals surface area contributed by atoms with E-state index in [-0.39, 0.29) is 0 Å². The molecule has 1 rings (SSSR count). The Morgan fingerprint density at radius 3 is 2.70 bits per heavy atom. The zero-order valence-electron chi connectivity index (χ0n) is 6.26. The number of furan rings is 1. The summed E-state index contributed by atoms with van der Waals surface area (Å²) in [5, 5.41) is 0. The molecule has 1 heteroatoms. The zero-order chi connectivity index (χ0) is 7.40. The summed E-state index contributed by atoms with van der Waals surface area (Å²) in [5.41, 5.74) is 0. The van der Waals surface area contributed by atoms with Crippen LogP contribution < -0.4 is 0 Å². The second-order valence-corrected chi connectivity index (χ2v) is 2.21. The molecule has 10 heavy (non-hydrogen) atoms. The van der Waals surface area contributed by atoms with Crippen molar-refractivity contribution in [2.75, 3.05) is 0 Å². The van der Waals surface area contributed by atoms with E-state index in [9.17, 15) is 0 Å². The van der Waals surface area contributed by atoms with Crippen LogP contribution in [0.3, 0.4) is 0 Å². The highest BCUT2D eigenvalue weighted by molar-refractivity contribution is 5.09. The molecular weight excluding hydrogens is 124 g/mol. The van der Waals surface area contributed by atoms with Gasteiger partial charge in [-0.1, -0.05) is 13.0 Å². The van der Waals surface area contributed by atoms with E-state index in [1.165, 1.54) is 0 Å². The maximum atomic E-state index is 5.40. The predicted octanol–water partition coefficient (Wildman–Crippen LogP) is 2.57. The Morgan fingerprint density at radius 1 is 1.50 bits per heavy atom. The molecule has 0 aliphatic rings. The Hall–Kier alpha value is -0.980. The lowest BCUT2D eigenvalue weighted by atomic mass is 10.3. The van der Waals surface area contributed by atoms with Gasteiger partial charge in [-0.2, -0.15) is 0 Å². The minimum atomic E-state index is 0.833. The molecule has 0 atom stereocenters. The lowest BCUT2D eigenvalue weighted by Crippen LogP contribution is -1.73. The van der Waals surface area contributed by atoms with Crippen LogP contribution in [0.2, 0.25) is 0 Å². The van der Waals surface area contributed by atoms with Gasteiger partial charge in [0.25, 0.3) is 0 Å². The van der Waals surface area contributed by atoms with Gasteiger partial charge in [0.1, 0.15) is 11.5 Å². The van der Waals surface area contributed by atoms with E-state index < -0.39 is 0 Å². The van der Waals surface area contributed by atoms with Crippen molar-refractivity contribution in [3.05, 3.63) is 36.3 Å². The highest BCUT2D eigenvalue weighted by Gasteiger charge is 1.95. The van der Waals surface area contributed by atoms with Crippen molar-refractivity contribution in [2.24, 2.45) is 0 Å². The summed E-state index contributed by atoms with van der Waals surface area (Å²) in [6.45, 7) is 5.71. The first-order valence-electron chi connectivity index (χ1n) is 3.55.